The van der Waals surface area contributed by atoms with Crippen LogP contribution in [0.15, 0.2) is 23.8 Å². The minimum Gasteiger partial charge on any atom is -0.463 e. The van der Waals surface area contributed by atoms with Crippen LogP contribution in [0.4, 0.5) is 0 Å². The zero-order valence-corrected chi connectivity index (χ0v) is 13.4. The van der Waals surface area contributed by atoms with Gasteiger partial charge in [-0.15, -0.1) is 0 Å². The smallest absolute Gasteiger partial charge is 0.306 e. The third-order valence-corrected chi connectivity index (χ3v) is 3.97. The first-order valence-corrected chi connectivity index (χ1v) is 8.43. The van der Waals surface area contributed by atoms with Gasteiger partial charge in [0.25, 0.3) is 0 Å². The number of unbranched alkanes of at least 4 members (excludes halogenated alkanes) is 1. The molecule has 0 heterocycles. The molecule has 0 aromatic carbocycles. The average Bonchev–Trinajstić information content (AvgIpc) is 2.73. The standard InChI is InChI=1S/C16H24O3S/c1-12(2)19-16(18)9-7-5-4-6-8-13-10-14(20-3)11-15(13)17/h4,6,10,12,14H,5,7-9,11H2,1-3H3/b6-4-. The molecule has 0 aromatic rings. The Kier molecular flexibility index (Phi) is 7.67. The second kappa shape index (κ2) is 9.01. The lowest BCUT2D eigenvalue weighted by Gasteiger charge is -2.06. The summed E-state index contributed by atoms with van der Waals surface area (Å²) in [6.07, 6.45) is 11.6. The van der Waals surface area contributed by atoms with E-state index in [1.807, 2.05) is 32.3 Å². The van der Waals surface area contributed by atoms with Gasteiger partial charge in [-0.2, -0.15) is 11.8 Å². The number of esters is 1. The highest BCUT2D eigenvalue weighted by molar-refractivity contribution is 7.99. The Bertz CT molecular complexity index is 397. The average molecular weight is 296 g/mol. The van der Waals surface area contributed by atoms with Crippen LogP contribution in [-0.4, -0.2) is 29.4 Å². The van der Waals surface area contributed by atoms with Gasteiger partial charge in [0.2, 0.25) is 0 Å². The van der Waals surface area contributed by atoms with Crippen LogP contribution in [0.1, 0.15) is 46.0 Å². The fraction of sp³-hybridized carbons (Fsp3) is 0.625. The fourth-order valence-corrected chi connectivity index (χ4v) is 2.66. The molecule has 1 aliphatic rings. The van der Waals surface area contributed by atoms with Gasteiger partial charge in [0.15, 0.2) is 5.78 Å². The summed E-state index contributed by atoms with van der Waals surface area (Å²) in [6, 6.07) is 0. The Morgan fingerprint density at radius 2 is 2.25 bits per heavy atom. The Morgan fingerprint density at radius 3 is 2.85 bits per heavy atom. The Hall–Kier alpha value is -1.03. The second-order valence-electron chi connectivity index (χ2n) is 5.20. The van der Waals surface area contributed by atoms with E-state index in [0.717, 1.165) is 18.4 Å². The van der Waals surface area contributed by atoms with Gasteiger partial charge in [-0.1, -0.05) is 18.2 Å². The van der Waals surface area contributed by atoms with Crippen molar-refractivity contribution in [3.63, 3.8) is 0 Å². The first-order chi connectivity index (χ1) is 9.52. The summed E-state index contributed by atoms with van der Waals surface area (Å²) in [4.78, 5) is 23.0. The lowest BCUT2D eigenvalue weighted by Crippen LogP contribution is -2.10. The lowest BCUT2D eigenvalue weighted by molar-refractivity contribution is -0.147. The predicted octanol–water partition coefficient (Wildman–Crippen LogP) is 3.69. The summed E-state index contributed by atoms with van der Waals surface area (Å²) in [5.74, 6) is 0.138. The van der Waals surface area contributed by atoms with Crippen LogP contribution in [0.25, 0.3) is 0 Å². The molecule has 0 saturated carbocycles. The Labute approximate surface area is 125 Å². The van der Waals surface area contributed by atoms with E-state index in [9.17, 15) is 9.59 Å². The number of rotatable bonds is 8. The van der Waals surface area contributed by atoms with Crippen LogP contribution in [0.5, 0.6) is 0 Å². The van der Waals surface area contributed by atoms with Gasteiger partial charge >= 0.3 is 5.97 Å². The minimum absolute atomic E-state index is 0.0391. The van der Waals surface area contributed by atoms with E-state index in [1.54, 1.807) is 11.8 Å². The molecule has 4 heteroatoms. The molecule has 1 atom stereocenters. The van der Waals surface area contributed by atoms with Gasteiger partial charge in [0, 0.05) is 18.1 Å². The number of carbonyl (C=O) groups excluding carboxylic acids is 2. The van der Waals surface area contributed by atoms with Crippen molar-refractivity contribution in [2.24, 2.45) is 0 Å². The van der Waals surface area contributed by atoms with E-state index >= 15 is 0 Å². The summed E-state index contributed by atoms with van der Waals surface area (Å²) < 4.78 is 5.06. The quantitative estimate of drug-likeness (QED) is 0.389. The van der Waals surface area contributed by atoms with Gasteiger partial charge in [0.05, 0.1) is 6.10 Å². The predicted molar refractivity (Wildman–Crippen MR) is 83.8 cm³/mol. The van der Waals surface area contributed by atoms with E-state index in [4.69, 9.17) is 4.74 Å². The summed E-state index contributed by atoms with van der Waals surface area (Å²) in [5.41, 5.74) is 0.930. The molecule has 20 heavy (non-hydrogen) atoms. The first kappa shape index (κ1) is 17.0. The number of ether oxygens (including phenoxy) is 1. The lowest BCUT2D eigenvalue weighted by atomic mass is 10.1. The van der Waals surface area contributed by atoms with Gasteiger partial charge in [-0.3, -0.25) is 9.59 Å². The molecule has 112 valence electrons. The van der Waals surface area contributed by atoms with Gasteiger partial charge < -0.3 is 4.74 Å². The summed E-state index contributed by atoms with van der Waals surface area (Å²) in [7, 11) is 0. The third-order valence-electron chi connectivity index (χ3n) is 3.06. The number of hydrogen-bond donors (Lipinski definition) is 0. The molecule has 0 spiro atoms. The maximum Gasteiger partial charge on any atom is 0.306 e. The first-order valence-electron chi connectivity index (χ1n) is 7.14. The van der Waals surface area contributed by atoms with Gasteiger partial charge in [0.1, 0.15) is 0 Å². The molecule has 1 aliphatic carbocycles. The van der Waals surface area contributed by atoms with Crippen LogP contribution >= 0.6 is 11.8 Å². The summed E-state index contributed by atoms with van der Waals surface area (Å²) in [5, 5.41) is 0.358. The maximum atomic E-state index is 11.7. The number of Topliss-reactive ketones (excluding diaryl/α,β-unsaturated/α-hetero) is 1. The normalized spacial score (nSPS) is 18.9. The highest BCUT2D eigenvalue weighted by atomic mass is 32.2. The maximum absolute atomic E-state index is 11.7. The van der Waals surface area contributed by atoms with Crippen LogP contribution in [0, 0.1) is 0 Å². The van der Waals surface area contributed by atoms with Gasteiger partial charge in [-0.25, -0.2) is 0 Å². The molecule has 1 rings (SSSR count). The second-order valence-corrected chi connectivity index (χ2v) is 6.28. The van der Waals surface area contributed by atoms with Crippen LogP contribution < -0.4 is 0 Å². The molecule has 1 unspecified atom stereocenters. The number of hydrogen-bond acceptors (Lipinski definition) is 4. The molecule has 0 N–H and O–H groups in total. The van der Waals surface area contributed by atoms with Crippen molar-refractivity contribution >= 4 is 23.5 Å². The van der Waals surface area contributed by atoms with E-state index in [0.29, 0.717) is 24.5 Å². The van der Waals surface area contributed by atoms with Crippen molar-refractivity contribution in [3.05, 3.63) is 23.8 Å². The minimum atomic E-state index is -0.134. The zero-order chi connectivity index (χ0) is 15.0. The monoisotopic (exact) mass is 296 g/mol. The SMILES string of the molecule is CSC1C=C(C/C=C\CCCC(=O)OC(C)C)C(=O)C1. The molecule has 0 bridgehead atoms. The fourth-order valence-electron chi connectivity index (χ4n) is 2.04. The highest BCUT2D eigenvalue weighted by Crippen LogP contribution is 2.26. The van der Waals surface area contributed by atoms with Crippen molar-refractivity contribution in [2.75, 3.05) is 6.26 Å². The topological polar surface area (TPSA) is 43.4 Å². The van der Waals surface area contributed by atoms with Crippen molar-refractivity contribution in [1.82, 2.24) is 0 Å². The molecule has 0 aromatic heterocycles. The number of thioether (sulfide) groups is 1. The number of carbonyl (C=O) groups is 2. The van der Waals surface area contributed by atoms with E-state index in [1.165, 1.54) is 0 Å². The number of ketones is 1. The van der Waals surface area contributed by atoms with E-state index in [2.05, 4.69) is 6.08 Å². The molecular formula is C16H24O3S. The molecule has 0 saturated heterocycles. The van der Waals surface area contributed by atoms with Crippen LogP contribution in [0.3, 0.4) is 0 Å². The van der Waals surface area contributed by atoms with Crippen LogP contribution in [-0.2, 0) is 14.3 Å². The van der Waals surface area contributed by atoms with Crippen LogP contribution in [0.2, 0.25) is 0 Å². The zero-order valence-electron chi connectivity index (χ0n) is 12.6. The Morgan fingerprint density at radius 1 is 1.50 bits per heavy atom. The van der Waals surface area contributed by atoms with Crippen molar-refractivity contribution in [2.45, 2.75) is 57.3 Å². The van der Waals surface area contributed by atoms with Crippen molar-refractivity contribution in [3.8, 4) is 0 Å². The van der Waals surface area contributed by atoms with Crippen molar-refractivity contribution < 1.29 is 14.3 Å². The number of allylic oxidation sites excluding steroid dienone is 3. The Balaban J connectivity index is 2.17. The van der Waals surface area contributed by atoms with Gasteiger partial charge in [-0.05, 0) is 44.9 Å². The molecule has 0 amide bonds. The highest BCUT2D eigenvalue weighted by Gasteiger charge is 2.21. The van der Waals surface area contributed by atoms with E-state index in [-0.39, 0.29) is 17.9 Å². The molecule has 3 nitrogen and oxygen atoms in total. The third kappa shape index (κ3) is 6.42. The van der Waals surface area contributed by atoms with E-state index < -0.39 is 0 Å². The van der Waals surface area contributed by atoms with Crippen molar-refractivity contribution in [1.29, 1.82) is 0 Å². The molecule has 0 fully saturated rings. The summed E-state index contributed by atoms with van der Waals surface area (Å²) in [6.45, 7) is 3.71. The molecule has 0 radical (unpaired) electrons. The summed E-state index contributed by atoms with van der Waals surface area (Å²) >= 11 is 1.72. The molecular weight excluding hydrogens is 272 g/mol. The molecule has 0 aliphatic heterocycles. The largest absolute Gasteiger partial charge is 0.463 e.